The van der Waals surface area contributed by atoms with Crippen LogP contribution in [0.2, 0.25) is 0 Å². The summed E-state index contributed by atoms with van der Waals surface area (Å²) in [6.45, 7) is 6.37. The number of amides is 1. The van der Waals surface area contributed by atoms with Gasteiger partial charge in [-0.25, -0.2) is 9.59 Å². The zero-order valence-electron chi connectivity index (χ0n) is 16.5. The molecule has 0 atom stereocenters. The lowest BCUT2D eigenvalue weighted by atomic mass is 10.3. The van der Waals surface area contributed by atoms with E-state index in [4.69, 9.17) is 9.84 Å². The molecule has 3 rings (SSSR count). The second-order valence-electron chi connectivity index (χ2n) is 6.46. The number of carboxylic acid groups (broad SMARTS) is 1. The summed E-state index contributed by atoms with van der Waals surface area (Å²) < 4.78 is 8.41. The Kier molecular flexibility index (Phi) is 6.23. The molecule has 1 amide bonds. The highest BCUT2D eigenvalue weighted by Gasteiger charge is 2.26. The van der Waals surface area contributed by atoms with Gasteiger partial charge in [0.1, 0.15) is 0 Å². The number of carbonyl (C=O) groups is 1. The van der Waals surface area contributed by atoms with Gasteiger partial charge in [0.25, 0.3) is 5.56 Å². The van der Waals surface area contributed by atoms with Crippen LogP contribution in [0, 0.1) is 11.8 Å². The quantitative estimate of drug-likeness (QED) is 0.502. The molecular weight excluding hydrogens is 380 g/mol. The number of H-pyrrole nitrogens is 1. The first-order valence-electron chi connectivity index (χ1n) is 9.41. The number of hydrogen-bond donors (Lipinski definition) is 2. The average molecular weight is 404 g/mol. The first-order valence-corrected chi connectivity index (χ1v) is 9.41. The van der Waals surface area contributed by atoms with Gasteiger partial charge in [0.05, 0.1) is 19.7 Å². The molecule has 11 heteroatoms. The minimum atomic E-state index is -0.962. The van der Waals surface area contributed by atoms with Crippen molar-refractivity contribution in [1.82, 2.24) is 24.0 Å². The molecule has 3 heterocycles. The highest BCUT2D eigenvalue weighted by atomic mass is 16.5. The van der Waals surface area contributed by atoms with E-state index >= 15 is 0 Å². The van der Waals surface area contributed by atoms with E-state index in [2.05, 4.69) is 21.8 Å². The molecule has 2 aromatic heterocycles. The third-order valence-corrected chi connectivity index (χ3v) is 4.78. The predicted octanol–water partition coefficient (Wildman–Crippen LogP) is -0.254. The van der Waals surface area contributed by atoms with Crippen LogP contribution >= 0.6 is 0 Å². The maximum Gasteiger partial charge on any atom is 0.407 e. The third kappa shape index (κ3) is 4.12. The molecule has 156 valence electrons. The zero-order chi connectivity index (χ0) is 21.0. The molecule has 2 aromatic rings. The van der Waals surface area contributed by atoms with Crippen molar-refractivity contribution in [2.75, 3.05) is 44.3 Å². The van der Waals surface area contributed by atoms with Gasteiger partial charge in [-0.05, 0) is 13.8 Å². The molecule has 0 bridgehead atoms. The fraction of sp³-hybridized carbons (Fsp3) is 0.556. The van der Waals surface area contributed by atoms with Crippen LogP contribution in [0.4, 0.5) is 10.7 Å². The first kappa shape index (κ1) is 20.5. The van der Waals surface area contributed by atoms with Crippen molar-refractivity contribution in [2.45, 2.75) is 26.9 Å². The summed E-state index contributed by atoms with van der Waals surface area (Å²) in [7, 11) is 0. The second kappa shape index (κ2) is 8.83. The highest BCUT2D eigenvalue weighted by molar-refractivity contribution is 5.75. The summed E-state index contributed by atoms with van der Waals surface area (Å²) in [4.78, 5) is 46.3. The largest absolute Gasteiger partial charge is 0.465 e. The molecule has 29 heavy (non-hydrogen) atoms. The number of nitrogens with one attached hydrogen (secondary N) is 1. The smallest absolute Gasteiger partial charge is 0.407 e. The Labute approximate surface area is 166 Å². The van der Waals surface area contributed by atoms with E-state index in [9.17, 15) is 14.4 Å². The number of ether oxygens (including phenoxy) is 1. The van der Waals surface area contributed by atoms with E-state index in [1.807, 2.05) is 11.8 Å². The first-order chi connectivity index (χ1) is 14.0. The van der Waals surface area contributed by atoms with Gasteiger partial charge in [-0.3, -0.25) is 18.9 Å². The number of aromatic amines is 1. The van der Waals surface area contributed by atoms with Crippen LogP contribution < -0.4 is 16.1 Å². The van der Waals surface area contributed by atoms with Crippen molar-refractivity contribution in [3.8, 4) is 11.8 Å². The molecule has 0 aliphatic carbocycles. The summed E-state index contributed by atoms with van der Waals surface area (Å²) in [6, 6.07) is 0. The summed E-state index contributed by atoms with van der Waals surface area (Å²) in [5.74, 6) is 6.24. The van der Waals surface area contributed by atoms with Gasteiger partial charge in [0, 0.05) is 32.8 Å². The normalized spacial score (nSPS) is 14.1. The van der Waals surface area contributed by atoms with Crippen LogP contribution in [0.5, 0.6) is 0 Å². The molecular formula is C18H24N6O5. The number of fused-ring (bicyclic) bond motifs is 1. The fourth-order valence-corrected chi connectivity index (χ4v) is 3.32. The van der Waals surface area contributed by atoms with E-state index in [0.717, 1.165) is 0 Å². The molecule has 0 spiro atoms. The molecule has 2 N–H and O–H groups in total. The second-order valence-corrected chi connectivity index (χ2v) is 6.46. The molecule has 0 aromatic carbocycles. The molecule has 1 aliphatic heterocycles. The van der Waals surface area contributed by atoms with E-state index in [0.29, 0.717) is 45.3 Å². The zero-order valence-corrected chi connectivity index (χ0v) is 16.5. The van der Waals surface area contributed by atoms with Crippen molar-refractivity contribution in [3.63, 3.8) is 0 Å². The maximum absolute atomic E-state index is 12.6. The van der Waals surface area contributed by atoms with E-state index in [1.165, 1.54) is 9.47 Å². The van der Waals surface area contributed by atoms with Crippen molar-refractivity contribution in [3.05, 3.63) is 20.8 Å². The minimum absolute atomic E-state index is 0.230. The fourth-order valence-electron chi connectivity index (χ4n) is 3.32. The van der Waals surface area contributed by atoms with Crippen LogP contribution in [0.1, 0.15) is 13.8 Å². The monoisotopic (exact) mass is 404 g/mol. The minimum Gasteiger partial charge on any atom is -0.465 e. The molecule has 0 saturated carbocycles. The topological polar surface area (TPSA) is 126 Å². The Balaban J connectivity index is 2.08. The number of piperazine rings is 1. The lowest BCUT2D eigenvalue weighted by Gasteiger charge is -2.33. The Hall–Kier alpha value is -3.26. The van der Waals surface area contributed by atoms with Gasteiger partial charge in [-0.15, -0.1) is 5.92 Å². The highest BCUT2D eigenvalue weighted by Crippen LogP contribution is 2.21. The van der Waals surface area contributed by atoms with Crippen molar-refractivity contribution in [1.29, 1.82) is 0 Å². The van der Waals surface area contributed by atoms with Crippen LogP contribution in [0.15, 0.2) is 9.59 Å². The summed E-state index contributed by atoms with van der Waals surface area (Å²) in [5, 5.41) is 9.16. The Morgan fingerprint density at radius 3 is 2.59 bits per heavy atom. The number of hydrogen-bond acceptors (Lipinski definition) is 6. The number of imidazole rings is 1. The lowest BCUT2D eigenvalue weighted by Crippen LogP contribution is -2.49. The number of rotatable bonds is 6. The SMILES string of the molecule is CC#CCn1c(N2CCN(C(=O)O)CC2)nc2c1c(=O)[nH]c(=O)n2CCOCC. The van der Waals surface area contributed by atoms with Crippen molar-refractivity contribution >= 4 is 23.2 Å². The molecule has 1 fully saturated rings. The average Bonchev–Trinajstić information content (AvgIpc) is 3.08. The van der Waals surface area contributed by atoms with Crippen LogP contribution in [-0.4, -0.2) is 74.6 Å². The number of aromatic nitrogens is 4. The number of nitrogens with zero attached hydrogens (tertiary/aromatic N) is 5. The molecule has 1 aliphatic rings. The molecule has 0 unspecified atom stereocenters. The van der Waals surface area contributed by atoms with Crippen LogP contribution in [0.25, 0.3) is 11.2 Å². The lowest BCUT2D eigenvalue weighted by molar-refractivity contribution is 0.138. The van der Waals surface area contributed by atoms with E-state index in [-0.39, 0.29) is 24.3 Å². The van der Waals surface area contributed by atoms with Gasteiger partial charge >= 0.3 is 11.8 Å². The van der Waals surface area contributed by atoms with Crippen molar-refractivity contribution in [2.24, 2.45) is 0 Å². The van der Waals surface area contributed by atoms with Crippen LogP contribution in [-0.2, 0) is 17.8 Å². The van der Waals surface area contributed by atoms with Gasteiger partial charge in [-0.2, -0.15) is 4.98 Å². The molecule has 1 saturated heterocycles. The van der Waals surface area contributed by atoms with E-state index < -0.39 is 17.3 Å². The van der Waals surface area contributed by atoms with E-state index in [1.54, 1.807) is 11.5 Å². The Morgan fingerprint density at radius 1 is 1.24 bits per heavy atom. The van der Waals surface area contributed by atoms with Gasteiger partial charge < -0.3 is 19.6 Å². The van der Waals surface area contributed by atoms with Gasteiger partial charge in [0.15, 0.2) is 11.2 Å². The summed E-state index contributed by atoms with van der Waals surface area (Å²) in [5.41, 5.74) is -0.541. The van der Waals surface area contributed by atoms with Gasteiger partial charge in [-0.1, -0.05) is 5.92 Å². The molecule has 0 radical (unpaired) electrons. The van der Waals surface area contributed by atoms with Crippen molar-refractivity contribution < 1.29 is 14.6 Å². The summed E-state index contributed by atoms with van der Waals surface area (Å²) >= 11 is 0. The van der Waals surface area contributed by atoms with Gasteiger partial charge in [0.2, 0.25) is 5.95 Å². The van der Waals surface area contributed by atoms with Crippen LogP contribution in [0.3, 0.4) is 0 Å². The predicted molar refractivity (Wildman–Crippen MR) is 106 cm³/mol. The maximum atomic E-state index is 12.6. The summed E-state index contributed by atoms with van der Waals surface area (Å²) in [6.07, 6.45) is -0.962. The number of anilines is 1. The Bertz CT molecular complexity index is 1060. The molecule has 11 nitrogen and oxygen atoms in total. The standard InChI is InChI=1S/C18H24N6O5/c1-3-5-6-23-13-14(24(11-12-29-4-2)17(26)20-15(13)25)19-16(23)21-7-9-22(10-8-21)18(27)28/h4,6-12H2,1-2H3,(H,27,28)(H,20,25,26). The Morgan fingerprint density at radius 2 is 1.97 bits per heavy atom. The third-order valence-electron chi connectivity index (χ3n) is 4.78.